The Morgan fingerprint density at radius 2 is 1.41 bits per heavy atom. The van der Waals surface area contributed by atoms with Crippen LogP contribution in [0.15, 0.2) is 64.4 Å². The van der Waals surface area contributed by atoms with Gasteiger partial charge in [-0.3, -0.25) is 0 Å². The maximum Gasteiger partial charge on any atom is 0.202 e. The summed E-state index contributed by atoms with van der Waals surface area (Å²) in [6.45, 7) is 8.68. The SMILES string of the molecule is C/C=C(\C(C)[C@@H](C)[C@@H](C)OCCCO)S(=O)(=O)c1ccc(-c2ccc(OCCCO)cc2)cc1. The van der Waals surface area contributed by atoms with Gasteiger partial charge in [-0.25, -0.2) is 8.42 Å². The van der Waals surface area contributed by atoms with Gasteiger partial charge in [-0.1, -0.05) is 44.2 Å². The minimum Gasteiger partial charge on any atom is -0.494 e. The Labute approximate surface area is 204 Å². The molecule has 0 spiro atoms. The van der Waals surface area contributed by atoms with E-state index in [9.17, 15) is 8.42 Å². The van der Waals surface area contributed by atoms with Gasteiger partial charge in [0.05, 0.1) is 17.6 Å². The molecule has 0 fully saturated rings. The molecular weight excluding hydrogens is 452 g/mol. The second-order valence-electron chi connectivity index (χ2n) is 8.47. The first-order valence-electron chi connectivity index (χ1n) is 11.8. The van der Waals surface area contributed by atoms with E-state index in [1.54, 1.807) is 25.1 Å². The van der Waals surface area contributed by atoms with Gasteiger partial charge >= 0.3 is 0 Å². The van der Waals surface area contributed by atoms with Crippen LogP contribution in [0.3, 0.4) is 0 Å². The van der Waals surface area contributed by atoms with Crippen molar-refractivity contribution in [1.82, 2.24) is 0 Å². The molecule has 0 heterocycles. The van der Waals surface area contributed by atoms with Crippen LogP contribution in [-0.4, -0.2) is 51.2 Å². The van der Waals surface area contributed by atoms with Gasteiger partial charge in [0.1, 0.15) is 5.75 Å². The molecule has 0 aromatic heterocycles. The third kappa shape index (κ3) is 7.40. The molecule has 0 saturated carbocycles. The summed E-state index contributed by atoms with van der Waals surface area (Å²) in [4.78, 5) is 0.649. The Morgan fingerprint density at radius 3 is 1.94 bits per heavy atom. The summed E-state index contributed by atoms with van der Waals surface area (Å²) in [7, 11) is -3.65. The molecule has 7 heteroatoms. The van der Waals surface area contributed by atoms with Gasteiger partial charge in [-0.05, 0) is 67.5 Å². The quantitative estimate of drug-likeness (QED) is 0.368. The number of rotatable bonds is 14. The summed E-state index contributed by atoms with van der Waals surface area (Å²) in [5, 5.41) is 17.8. The van der Waals surface area contributed by atoms with E-state index < -0.39 is 9.84 Å². The molecule has 0 aliphatic rings. The van der Waals surface area contributed by atoms with Crippen LogP contribution in [-0.2, 0) is 14.6 Å². The third-order valence-corrected chi connectivity index (χ3v) is 8.30. The number of allylic oxidation sites excluding steroid dienone is 2. The summed E-state index contributed by atoms with van der Waals surface area (Å²) in [6.07, 6.45) is 2.69. The van der Waals surface area contributed by atoms with E-state index in [1.165, 1.54) is 0 Å². The van der Waals surface area contributed by atoms with Crippen molar-refractivity contribution >= 4 is 9.84 Å². The van der Waals surface area contributed by atoms with Crippen LogP contribution in [0.2, 0.25) is 0 Å². The highest BCUT2D eigenvalue weighted by Crippen LogP contribution is 2.33. The second-order valence-corrected chi connectivity index (χ2v) is 10.4. The fraction of sp³-hybridized carbons (Fsp3) is 0.481. The molecule has 1 unspecified atom stereocenters. The number of hydrogen-bond acceptors (Lipinski definition) is 6. The third-order valence-electron chi connectivity index (χ3n) is 6.18. The van der Waals surface area contributed by atoms with Crippen LogP contribution in [0.25, 0.3) is 11.1 Å². The van der Waals surface area contributed by atoms with Crippen molar-refractivity contribution in [1.29, 1.82) is 0 Å². The summed E-state index contributed by atoms with van der Waals surface area (Å²) in [5.74, 6) is 0.487. The molecule has 0 bridgehead atoms. The zero-order valence-corrected chi connectivity index (χ0v) is 21.4. The number of aliphatic hydroxyl groups excluding tert-OH is 2. The molecule has 0 saturated heterocycles. The van der Waals surface area contributed by atoms with E-state index in [0.717, 1.165) is 16.9 Å². The first-order chi connectivity index (χ1) is 16.3. The van der Waals surface area contributed by atoms with Gasteiger partial charge in [-0.15, -0.1) is 0 Å². The fourth-order valence-corrected chi connectivity index (χ4v) is 5.56. The standard InChI is InChI=1S/C27H38O6S/c1-5-27(21(3)20(2)22(4)32-18-6-16-28)34(30,31)26-14-10-24(11-15-26)23-8-12-25(13-9-23)33-19-7-17-29/h5,8-15,20-22,28-29H,6-7,16-19H2,1-4H3/b27-5+/t20-,21?,22-/m1/s1. The highest BCUT2D eigenvalue weighted by atomic mass is 32.2. The minimum absolute atomic E-state index is 0.0166. The van der Waals surface area contributed by atoms with Gasteiger partial charge in [0.25, 0.3) is 0 Å². The summed E-state index contributed by atoms with van der Waals surface area (Å²) in [5.41, 5.74) is 1.87. The van der Waals surface area contributed by atoms with Crippen LogP contribution in [0.5, 0.6) is 5.75 Å². The number of sulfone groups is 1. The molecular formula is C27H38O6S. The lowest BCUT2D eigenvalue weighted by atomic mass is 9.91. The number of ether oxygens (including phenoxy) is 2. The van der Waals surface area contributed by atoms with Gasteiger partial charge in [-0.2, -0.15) is 0 Å². The van der Waals surface area contributed by atoms with Crippen molar-refractivity contribution in [2.75, 3.05) is 26.4 Å². The largest absolute Gasteiger partial charge is 0.494 e. The lowest BCUT2D eigenvalue weighted by Gasteiger charge is -2.28. The van der Waals surface area contributed by atoms with Crippen LogP contribution in [0, 0.1) is 11.8 Å². The zero-order chi connectivity index (χ0) is 25.1. The summed E-state index contributed by atoms with van der Waals surface area (Å²) in [6, 6.07) is 14.5. The molecule has 0 radical (unpaired) electrons. The Kier molecular flexibility index (Phi) is 11.2. The van der Waals surface area contributed by atoms with E-state index in [2.05, 4.69) is 0 Å². The lowest BCUT2D eigenvalue weighted by molar-refractivity contribution is 0.0129. The van der Waals surface area contributed by atoms with E-state index in [4.69, 9.17) is 19.7 Å². The maximum absolute atomic E-state index is 13.4. The molecule has 0 aliphatic carbocycles. The Morgan fingerprint density at radius 1 is 0.882 bits per heavy atom. The Balaban J connectivity index is 2.14. The molecule has 2 aromatic rings. The monoisotopic (exact) mass is 490 g/mol. The van der Waals surface area contributed by atoms with Crippen molar-refractivity contribution in [3.05, 3.63) is 59.5 Å². The van der Waals surface area contributed by atoms with E-state index >= 15 is 0 Å². The van der Waals surface area contributed by atoms with Crippen molar-refractivity contribution in [3.63, 3.8) is 0 Å². The highest BCUT2D eigenvalue weighted by Gasteiger charge is 2.30. The number of aliphatic hydroxyl groups is 2. The van der Waals surface area contributed by atoms with Gasteiger partial charge in [0, 0.05) is 31.1 Å². The predicted octanol–water partition coefficient (Wildman–Crippen LogP) is 4.85. The van der Waals surface area contributed by atoms with Gasteiger partial charge in [0.2, 0.25) is 9.84 Å². The zero-order valence-electron chi connectivity index (χ0n) is 20.6. The molecule has 2 rings (SSSR count). The maximum atomic E-state index is 13.4. The molecule has 2 aromatic carbocycles. The number of hydrogen-bond donors (Lipinski definition) is 2. The van der Waals surface area contributed by atoms with Crippen LogP contribution in [0.4, 0.5) is 0 Å². The Bertz CT molecular complexity index is 996. The van der Waals surface area contributed by atoms with Crippen molar-refractivity contribution < 1.29 is 28.1 Å². The van der Waals surface area contributed by atoms with Crippen molar-refractivity contribution in [2.24, 2.45) is 11.8 Å². The van der Waals surface area contributed by atoms with Gasteiger partial charge < -0.3 is 19.7 Å². The highest BCUT2D eigenvalue weighted by molar-refractivity contribution is 7.95. The first-order valence-corrected chi connectivity index (χ1v) is 13.3. The lowest BCUT2D eigenvalue weighted by Crippen LogP contribution is -2.28. The normalized spacial score (nSPS) is 15.1. The van der Waals surface area contributed by atoms with Crippen LogP contribution < -0.4 is 4.74 Å². The molecule has 6 nitrogen and oxygen atoms in total. The average molecular weight is 491 g/mol. The molecule has 188 valence electrons. The molecule has 3 atom stereocenters. The van der Waals surface area contributed by atoms with E-state index in [1.807, 2.05) is 57.2 Å². The second kappa shape index (κ2) is 13.6. The van der Waals surface area contributed by atoms with Crippen LogP contribution in [0.1, 0.15) is 40.5 Å². The smallest absolute Gasteiger partial charge is 0.202 e. The molecule has 0 aliphatic heterocycles. The van der Waals surface area contributed by atoms with Crippen molar-refractivity contribution in [2.45, 2.75) is 51.5 Å². The molecule has 2 N–H and O–H groups in total. The van der Waals surface area contributed by atoms with Crippen molar-refractivity contribution in [3.8, 4) is 16.9 Å². The summed E-state index contributed by atoms with van der Waals surface area (Å²) < 4.78 is 38.2. The molecule has 34 heavy (non-hydrogen) atoms. The van der Waals surface area contributed by atoms with Crippen LogP contribution >= 0.6 is 0 Å². The molecule has 0 amide bonds. The number of benzene rings is 2. The predicted molar refractivity (Wildman–Crippen MR) is 135 cm³/mol. The van der Waals surface area contributed by atoms with E-state index in [0.29, 0.717) is 31.0 Å². The first kappa shape index (κ1) is 28.1. The topological polar surface area (TPSA) is 93.1 Å². The van der Waals surface area contributed by atoms with E-state index in [-0.39, 0.29) is 36.0 Å². The minimum atomic E-state index is -3.65. The fourth-order valence-electron chi connectivity index (χ4n) is 3.77. The summed E-state index contributed by atoms with van der Waals surface area (Å²) >= 11 is 0. The Hall–Kier alpha value is -2.19. The van der Waals surface area contributed by atoms with Gasteiger partial charge in [0.15, 0.2) is 0 Å². The average Bonchev–Trinajstić information content (AvgIpc) is 2.84.